The van der Waals surface area contributed by atoms with Crippen molar-refractivity contribution >= 4 is 5.96 Å². The average molecular weight is 323 g/mol. The lowest BCUT2D eigenvalue weighted by atomic mass is 9.97. The third-order valence-electron chi connectivity index (χ3n) is 4.70. The fraction of sp³-hybridized carbons (Fsp3) is 0.833. The van der Waals surface area contributed by atoms with E-state index in [1.54, 1.807) is 12.7 Å². The van der Waals surface area contributed by atoms with Crippen LogP contribution in [0.3, 0.4) is 0 Å². The monoisotopic (exact) mass is 323 g/mol. The van der Waals surface area contributed by atoms with E-state index in [4.69, 9.17) is 9.47 Å². The minimum absolute atomic E-state index is 0.603. The minimum atomic E-state index is 0.603. The Balaban J connectivity index is 1.64. The maximum atomic E-state index is 5.66. The van der Waals surface area contributed by atoms with Crippen molar-refractivity contribution in [2.24, 2.45) is 10.9 Å². The van der Waals surface area contributed by atoms with Gasteiger partial charge in [-0.3, -0.25) is 4.99 Å². The van der Waals surface area contributed by atoms with Gasteiger partial charge >= 0.3 is 0 Å². The minimum Gasteiger partial charge on any atom is -0.382 e. The molecule has 0 aromatic rings. The van der Waals surface area contributed by atoms with Crippen molar-refractivity contribution in [3.63, 3.8) is 0 Å². The highest BCUT2D eigenvalue weighted by Gasteiger charge is 2.24. The molecule has 0 amide bonds. The van der Waals surface area contributed by atoms with Crippen molar-refractivity contribution in [1.29, 1.82) is 0 Å². The first-order valence-corrected chi connectivity index (χ1v) is 9.03. The second kappa shape index (κ2) is 10.7. The number of ether oxygens (including phenoxy) is 2. The van der Waals surface area contributed by atoms with Crippen LogP contribution in [0.1, 0.15) is 38.5 Å². The first-order valence-electron chi connectivity index (χ1n) is 9.03. The number of methoxy groups -OCH3 is 1. The Labute approximate surface area is 141 Å². The fourth-order valence-corrected chi connectivity index (χ4v) is 3.35. The van der Waals surface area contributed by atoms with E-state index >= 15 is 0 Å². The summed E-state index contributed by atoms with van der Waals surface area (Å²) in [5.41, 5.74) is 1.62. The molecule has 23 heavy (non-hydrogen) atoms. The van der Waals surface area contributed by atoms with Crippen LogP contribution in [0.4, 0.5) is 0 Å². The first kappa shape index (κ1) is 18.3. The molecule has 1 fully saturated rings. The molecule has 5 nitrogen and oxygen atoms in total. The van der Waals surface area contributed by atoms with Crippen molar-refractivity contribution in [3.8, 4) is 0 Å². The van der Waals surface area contributed by atoms with Gasteiger partial charge in [0.05, 0.1) is 19.8 Å². The highest BCUT2D eigenvalue weighted by atomic mass is 16.5. The zero-order valence-corrected chi connectivity index (χ0v) is 14.9. The Bertz CT molecular complexity index is 396. The number of guanidine groups is 1. The number of likely N-dealkylation sites (tertiary alicyclic amines) is 1. The molecule has 5 heteroatoms. The summed E-state index contributed by atoms with van der Waals surface area (Å²) in [4.78, 5) is 6.81. The average Bonchev–Trinajstić information content (AvgIpc) is 3.05. The van der Waals surface area contributed by atoms with Gasteiger partial charge in [-0.15, -0.1) is 0 Å². The molecule has 0 bridgehead atoms. The molecule has 0 radical (unpaired) electrons. The summed E-state index contributed by atoms with van der Waals surface area (Å²) in [5.74, 6) is 1.65. The normalized spacial score (nSPS) is 22.3. The van der Waals surface area contributed by atoms with Gasteiger partial charge in [0, 0.05) is 39.7 Å². The number of nitrogens with one attached hydrogen (secondary N) is 1. The lowest BCUT2D eigenvalue weighted by molar-refractivity contribution is 0.0536. The lowest BCUT2D eigenvalue weighted by Gasteiger charge is -2.22. The maximum absolute atomic E-state index is 5.66. The molecule has 1 atom stereocenters. The topological polar surface area (TPSA) is 46.1 Å². The fourth-order valence-electron chi connectivity index (χ4n) is 3.35. The molecular formula is C18H33N3O2. The van der Waals surface area contributed by atoms with Gasteiger partial charge in [0.15, 0.2) is 5.96 Å². The molecule has 2 rings (SSSR count). The Morgan fingerprint density at radius 2 is 2.30 bits per heavy atom. The van der Waals surface area contributed by atoms with Crippen LogP contribution in [0.5, 0.6) is 0 Å². The quantitative estimate of drug-likeness (QED) is 0.322. The standard InChI is InChI=1S/C18H33N3O2/c1-19-18(20-10-8-16-6-4-3-5-7-16)21-11-9-17(14-21)15-23-13-12-22-2/h6,17H,3-5,7-15H2,1-2H3,(H,19,20). The molecule has 1 aliphatic carbocycles. The van der Waals surface area contributed by atoms with Gasteiger partial charge < -0.3 is 19.7 Å². The van der Waals surface area contributed by atoms with E-state index in [-0.39, 0.29) is 0 Å². The van der Waals surface area contributed by atoms with Gasteiger partial charge in [-0.1, -0.05) is 11.6 Å². The Hall–Kier alpha value is -1.07. The number of hydrogen-bond donors (Lipinski definition) is 1. The van der Waals surface area contributed by atoms with Crippen molar-refractivity contribution in [2.45, 2.75) is 38.5 Å². The van der Waals surface area contributed by atoms with Crippen molar-refractivity contribution in [1.82, 2.24) is 10.2 Å². The Morgan fingerprint density at radius 1 is 1.39 bits per heavy atom. The van der Waals surface area contributed by atoms with Gasteiger partial charge in [-0.25, -0.2) is 0 Å². The predicted octanol–water partition coefficient (Wildman–Crippen LogP) is 2.44. The molecule has 0 aromatic carbocycles. The molecule has 1 unspecified atom stereocenters. The van der Waals surface area contributed by atoms with Gasteiger partial charge in [-0.2, -0.15) is 0 Å². The van der Waals surface area contributed by atoms with E-state index in [1.807, 2.05) is 7.05 Å². The molecule has 1 aliphatic heterocycles. The molecule has 1 N–H and O–H groups in total. The van der Waals surface area contributed by atoms with Gasteiger partial charge in [-0.05, 0) is 38.5 Å². The number of aliphatic imine (C=N–C) groups is 1. The molecular weight excluding hydrogens is 290 g/mol. The molecule has 0 spiro atoms. The number of hydrogen-bond acceptors (Lipinski definition) is 3. The largest absolute Gasteiger partial charge is 0.382 e. The van der Waals surface area contributed by atoms with E-state index < -0.39 is 0 Å². The summed E-state index contributed by atoms with van der Waals surface area (Å²) in [7, 11) is 3.59. The van der Waals surface area contributed by atoms with Crippen LogP contribution in [-0.4, -0.2) is 64.5 Å². The van der Waals surface area contributed by atoms with Crippen LogP contribution in [-0.2, 0) is 9.47 Å². The summed E-state index contributed by atoms with van der Waals surface area (Å²) < 4.78 is 10.7. The van der Waals surface area contributed by atoms with Crippen molar-refractivity contribution in [2.75, 3.05) is 53.6 Å². The maximum Gasteiger partial charge on any atom is 0.193 e. The van der Waals surface area contributed by atoms with E-state index in [9.17, 15) is 0 Å². The van der Waals surface area contributed by atoms with E-state index in [0.717, 1.165) is 38.6 Å². The van der Waals surface area contributed by atoms with Gasteiger partial charge in [0.25, 0.3) is 0 Å². The zero-order chi connectivity index (χ0) is 16.3. The number of nitrogens with zero attached hydrogens (tertiary/aromatic N) is 2. The van der Waals surface area contributed by atoms with Crippen LogP contribution in [0.15, 0.2) is 16.6 Å². The van der Waals surface area contributed by atoms with Crippen LogP contribution >= 0.6 is 0 Å². The zero-order valence-electron chi connectivity index (χ0n) is 14.9. The summed E-state index contributed by atoms with van der Waals surface area (Å²) in [6.07, 6.45) is 10.0. The summed E-state index contributed by atoms with van der Waals surface area (Å²) in [6.45, 7) is 5.29. The van der Waals surface area contributed by atoms with Gasteiger partial charge in [0.2, 0.25) is 0 Å². The van der Waals surface area contributed by atoms with E-state index in [1.165, 1.54) is 32.1 Å². The van der Waals surface area contributed by atoms with Crippen LogP contribution in [0, 0.1) is 5.92 Å². The first-order chi connectivity index (χ1) is 11.3. The van der Waals surface area contributed by atoms with Gasteiger partial charge in [0.1, 0.15) is 0 Å². The van der Waals surface area contributed by atoms with Crippen molar-refractivity contribution < 1.29 is 9.47 Å². The third-order valence-corrected chi connectivity index (χ3v) is 4.70. The molecule has 0 aromatic heterocycles. The van der Waals surface area contributed by atoms with E-state index in [2.05, 4.69) is 21.3 Å². The molecule has 1 saturated heterocycles. The molecule has 132 valence electrons. The van der Waals surface area contributed by atoms with Crippen LogP contribution in [0.2, 0.25) is 0 Å². The summed E-state index contributed by atoms with van der Waals surface area (Å²) in [6, 6.07) is 0. The number of allylic oxidation sites excluding steroid dienone is 1. The SMILES string of the molecule is CN=C(NCCC1=CCCCC1)N1CCC(COCCOC)C1. The summed E-state index contributed by atoms with van der Waals surface area (Å²) >= 11 is 0. The molecule has 2 aliphatic rings. The Kier molecular flexibility index (Phi) is 8.47. The van der Waals surface area contributed by atoms with E-state index in [0.29, 0.717) is 19.1 Å². The number of rotatable bonds is 8. The Morgan fingerprint density at radius 3 is 3.04 bits per heavy atom. The smallest absolute Gasteiger partial charge is 0.193 e. The third kappa shape index (κ3) is 6.51. The second-order valence-corrected chi connectivity index (χ2v) is 6.50. The van der Waals surface area contributed by atoms with Crippen LogP contribution < -0.4 is 5.32 Å². The predicted molar refractivity (Wildman–Crippen MR) is 94.9 cm³/mol. The molecule has 1 heterocycles. The second-order valence-electron chi connectivity index (χ2n) is 6.50. The highest BCUT2D eigenvalue weighted by Crippen LogP contribution is 2.20. The highest BCUT2D eigenvalue weighted by molar-refractivity contribution is 5.80. The van der Waals surface area contributed by atoms with Crippen LogP contribution in [0.25, 0.3) is 0 Å². The molecule has 0 saturated carbocycles. The van der Waals surface area contributed by atoms with Crippen molar-refractivity contribution in [3.05, 3.63) is 11.6 Å². The summed E-state index contributed by atoms with van der Waals surface area (Å²) in [5, 5.41) is 3.53. The lowest BCUT2D eigenvalue weighted by Crippen LogP contribution is -2.40.